The van der Waals surface area contributed by atoms with Gasteiger partial charge in [-0.05, 0) is 36.1 Å². The quantitative estimate of drug-likeness (QED) is 0.783. The largest absolute Gasteiger partial charge is 0.383 e. The van der Waals surface area contributed by atoms with Crippen LogP contribution in [0.4, 0.5) is 0 Å². The summed E-state index contributed by atoms with van der Waals surface area (Å²) in [6, 6.07) is 15.8. The number of ether oxygens (including phenoxy) is 1. The molecular formula is C24H33N3O2. The first kappa shape index (κ1) is 20.3. The number of methoxy groups -OCH3 is 1. The predicted octanol–water partition coefficient (Wildman–Crippen LogP) is 3.06. The van der Waals surface area contributed by atoms with Gasteiger partial charge in [0.05, 0.1) is 6.61 Å². The van der Waals surface area contributed by atoms with Gasteiger partial charge in [-0.2, -0.15) is 0 Å². The number of benzene rings is 2. The number of rotatable bonds is 7. The molecule has 1 aliphatic carbocycles. The third-order valence-electron chi connectivity index (χ3n) is 6.56. The number of piperazine rings is 1. The number of nitrogens with one attached hydrogen (secondary N) is 1. The summed E-state index contributed by atoms with van der Waals surface area (Å²) in [5.74, 6) is 0.546. The Kier molecular flexibility index (Phi) is 6.48. The normalized spacial score (nSPS) is 23.7. The van der Waals surface area contributed by atoms with Crippen LogP contribution in [0.25, 0.3) is 10.8 Å². The highest BCUT2D eigenvalue weighted by Crippen LogP contribution is 2.32. The van der Waals surface area contributed by atoms with Gasteiger partial charge in [-0.25, -0.2) is 0 Å². The zero-order valence-corrected chi connectivity index (χ0v) is 17.6. The van der Waals surface area contributed by atoms with Crippen molar-refractivity contribution in [3.8, 4) is 0 Å². The van der Waals surface area contributed by atoms with Crippen molar-refractivity contribution in [1.82, 2.24) is 15.1 Å². The summed E-state index contributed by atoms with van der Waals surface area (Å²) in [5, 5.41) is 6.35. The maximum absolute atomic E-state index is 12.8. The molecule has 0 radical (unpaired) electrons. The summed E-state index contributed by atoms with van der Waals surface area (Å²) in [4.78, 5) is 17.3. The van der Waals surface area contributed by atoms with Crippen LogP contribution in [-0.4, -0.2) is 68.2 Å². The van der Waals surface area contributed by atoms with E-state index >= 15 is 0 Å². The molecule has 2 aromatic rings. The second kappa shape index (κ2) is 9.24. The van der Waals surface area contributed by atoms with E-state index in [1.165, 1.54) is 16.3 Å². The first-order chi connectivity index (χ1) is 14.2. The van der Waals surface area contributed by atoms with Crippen LogP contribution in [0.1, 0.15) is 31.4 Å². The Balaban J connectivity index is 1.25. The van der Waals surface area contributed by atoms with Crippen molar-refractivity contribution in [2.24, 2.45) is 5.92 Å². The molecule has 1 saturated carbocycles. The van der Waals surface area contributed by atoms with Crippen LogP contribution in [0.5, 0.6) is 0 Å². The molecule has 1 atom stereocenters. The Bertz CT molecular complexity index is 820. The molecule has 1 amide bonds. The molecule has 1 aliphatic heterocycles. The summed E-state index contributed by atoms with van der Waals surface area (Å²) < 4.78 is 5.15. The fraction of sp³-hybridized carbons (Fsp3) is 0.542. The SMILES string of the molecule is COCCN1CCN(C(=O)C2CC(N[C@H](C)c3cccc4ccccc34)C2)CC1. The van der Waals surface area contributed by atoms with E-state index in [-0.39, 0.29) is 12.0 Å². The van der Waals surface area contributed by atoms with Crippen molar-refractivity contribution in [3.05, 3.63) is 48.0 Å². The molecular weight excluding hydrogens is 362 g/mol. The number of carbonyl (C=O) groups is 1. The molecule has 5 heteroatoms. The van der Waals surface area contributed by atoms with Gasteiger partial charge >= 0.3 is 0 Å². The molecule has 0 unspecified atom stereocenters. The molecule has 2 aromatic carbocycles. The molecule has 4 rings (SSSR count). The van der Waals surface area contributed by atoms with E-state index in [2.05, 4.69) is 64.5 Å². The van der Waals surface area contributed by atoms with Crippen LogP contribution in [-0.2, 0) is 9.53 Å². The monoisotopic (exact) mass is 395 g/mol. The van der Waals surface area contributed by atoms with Crippen molar-refractivity contribution < 1.29 is 9.53 Å². The number of hydrogen-bond acceptors (Lipinski definition) is 4. The van der Waals surface area contributed by atoms with Gasteiger partial charge in [0.2, 0.25) is 5.91 Å². The van der Waals surface area contributed by atoms with Gasteiger partial charge < -0.3 is 15.0 Å². The first-order valence-corrected chi connectivity index (χ1v) is 10.9. The second-order valence-electron chi connectivity index (χ2n) is 8.48. The number of fused-ring (bicyclic) bond motifs is 1. The first-order valence-electron chi connectivity index (χ1n) is 10.9. The highest BCUT2D eigenvalue weighted by Gasteiger charge is 2.38. The molecule has 5 nitrogen and oxygen atoms in total. The van der Waals surface area contributed by atoms with E-state index in [0.717, 1.165) is 52.2 Å². The van der Waals surface area contributed by atoms with Gasteiger partial charge in [0.15, 0.2) is 0 Å². The lowest BCUT2D eigenvalue weighted by Gasteiger charge is -2.42. The Morgan fingerprint density at radius 2 is 1.83 bits per heavy atom. The Morgan fingerprint density at radius 1 is 1.10 bits per heavy atom. The van der Waals surface area contributed by atoms with Crippen molar-refractivity contribution >= 4 is 16.7 Å². The molecule has 0 aromatic heterocycles. The Labute approximate surface area is 174 Å². The lowest BCUT2D eigenvalue weighted by atomic mass is 9.78. The van der Waals surface area contributed by atoms with Crippen LogP contribution in [0.3, 0.4) is 0 Å². The van der Waals surface area contributed by atoms with Crippen LogP contribution in [0, 0.1) is 5.92 Å². The average molecular weight is 396 g/mol. The van der Waals surface area contributed by atoms with Gasteiger partial charge in [0, 0.05) is 57.8 Å². The fourth-order valence-electron chi connectivity index (χ4n) is 4.70. The fourth-order valence-corrected chi connectivity index (χ4v) is 4.70. The maximum Gasteiger partial charge on any atom is 0.225 e. The Morgan fingerprint density at radius 3 is 2.59 bits per heavy atom. The molecule has 2 aliphatic rings. The zero-order valence-electron chi connectivity index (χ0n) is 17.6. The highest BCUT2D eigenvalue weighted by molar-refractivity contribution is 5.86. The van der Waals surface area contributed by atoms with E-state index in [1.54, 1.807) is 7.11 Å². The van der Waals surface area contributed by atoms with Gasteiger partial charge in [-0.1, -0.05) is 42.5 Å². The summed E-state index contributed by atoms with van der Waals surface area (Å²) in [6.45, 7) is 7.57. The zero-order chi connectivity index (χ0) is 20.2. The van der Waals surface area contributed by atoms with E-state index < -0.39 is 0 Å². The third-order valence-corrected chi connectivity index (χ3v) is 6.56. The molecule has 0 spiro atoms. The lowest BCUT2D eigenvalue weighted by Crippen LogP contribution is -2.54. The van der Waals surface area contributed by atoms with Gasteiger partial charge in [-0.15, -0.1) is 0 Å². The van der Waals surface area contributed by atoms with Gasteiger partial charge in [-0.3, -0.25) is 9.69 Å². The van der Waals surface area contributed by atoms with Crippen molar-refractivity contribution in [2.45, 2.75) is 31.8 Å². The average Bonchev–Trinajstić information content (AvgIpc) is 2.74. The number of nitrogens with zero attached hydrogens (tertiary/aromatic N) is 2. The minimum atomic E-state index is 0.192. The Hall–Kier alpha value is -1.95. The van der Waals surface area contributed by atoms with E-state index in [0.29, 0.717) is 11.9 Å². The molecule has 2 fully saturated rings. The van der Waals surface area contributed by atoms with Crippen LogP contribution in [0.15, 0.2) is 42.5 Å². The van der Waals surface area contributed by atoms with Crippen LogP contribution in [0.2, 0.25) is 0 Å². The summed E-state index contributed by atoms with van der Waals surface area (Å²) >= 11 is 0. The standard InChI is InChI=1S/C24H33N3O2/c1-18(22-9-5-7-19-6-3-4-8-23(19)22)25-21-16-20(17-21)24(28)27-12-10-26(11-13-27)14-15-29-2/h3-9,18,20-21,25H,10-17H2,1-2H3/t18-,20?,21?/m1/s1. The number of carbonyl (C=O) groups excluding carboxylic acids is 1. The smallest absolute Gasteiger partial charge is 0.225 e. The molecule has 1 saturated heterocycles. The van der Waals surface area contributed by atoms with E-state index in [9.17, 15) is 4.79 Å². The second-order valence-corrected chi connectivity index (χ2v) is 8.48. The van der Waals surface area contributed by atoms with E-state index in [1.807, 2.05) is 0 Å². The maximum atomic E-state index is 12.8. The predicted molar refractivity (Wildman–Crippen MR) is 117 cm³/mol. The summed E-state index contributed by atoms with van der Waals surface area (Å²) in [6.07, 6.45) is 1.91. The van der Waals surface area contributed by atoms with Crippen molar-refractivity contribution in [2.75, 3.05) is 46.4 Å². The van der Waals surface area contributed by atoms with Crippen LogP contribution >= 0.6 is 0 Å². The molecule has 0 bridgehead atoms. The van der Waals surface area contributed by atoms with Crippen LogP contribution < -0.4 is 5.32 Å². The summed E-state index contributed by atoms with van der Waals surface area (Å²) in [7, 11) is 1.74. The molecule has 1 N–H and O–H groups in total. The minimum absolute atomic E-state index is 0.192. The molecule has 156 valence electrons. The topological polar surface area (TPSA) is 44.8 Å². The highest BCUT2D eigenvalue weighted by atomic mass is 16.5. The molecule has 29 heavy (non-hydrogen) atoms. The van der Waals surface area contributed by atoms with Gasteiger partial charge in [0.25, 0.3) is 0 Å². The van der Waals surface area contributed by atoms with Crippen molar-refractivity contribution in [3.63, 3.8) is 0 Å². The van der Waals surface area contributed by atoms with Gasteiger partial charge in [0.1, 0.15) is 0 Å². The molecule has 1 heterocycles. The third kappa shape index (κ3) is 4.63. The summed E-state index contributed by atoms with van der Waals surface area (Å²) in [5.41, 5.74) is 1.34. The van der Waals surface area contributed by atoms with Crippen molar-refractivity contribution in [1.29, 1.82) is 0 Å². The number of amides is 1. The number of hydrogen-bond donors (Lipinski definition) is 1. The van der Waals surface area contributed by atoms with E-state index in [4.69, 9.17) is 4.74 Å². The minimum Gasteiger partial charge on any atom is -0.383 e. The lowest BCUT2D eigenvalue weighted by molar-refractivity contribution is -0.141.